The molecule has 0 aliphatic heterocycles. The van der Waals surface area contributed by atoms with Crippen molar-refractivity contribution in [3.63, 3.8) is 0 Å². The van der Waals surface area contributed by atoms with Crippen LogP contribution in [0.2, 0.25) is 0 Å². The molecule has 1 aromatic carbocycles. The molecule has 0 atom stereocenters. The highest BCUT2D eigenvalue weighted by Gasteiger charge is 2.14. The molecule has 0 spiro atoms. The molecule has 0 saturated carbocycles. The first-order valence-corrected chi connectivity index (χ1v) is 5.34. The van der Waals surface area contributed by atoms with E-state index in [0.29, 0.717) is 11.3 Å². The van der Waals surface area contributed by atoms with E-state index >= 15 is 0 Å². The first-order valence-electron chi connectivity index (χ1n) is 4.55. The minimum Gasteiger partial charge on any atom is -0.271 e. The molecule has 2 nitrogen and oxygen atoms in total. The Morgan fingerprint density at radius 2 is 2.00 bits per heavy atom. The molecule has 2 aromatic rings. The zero-order chi connectivity index (χ0) is 11.0. The topological polar surface area (TPSA) is 17.8 Å². The summed E-state index contributed by atoms with van der Waals surface area (Å²) in [5, 5.41) is 4.27. The number of rotatable bonds is 1. The van der Waals surface area contributed by atoms with Gasteiger partial charge < -0.3 is 0 Å². The van der Waals surface area contributed by atoms with Gasteiger partial charge in [-0.2, -0.15) is 5.10 Å². The first kappa shape index (κ1) is 10.4. The Morgan fingerprint density at radius 1 is 1.33 bits per heavy atom. The summed E-state index contributed by atoms with van der Waals surface area (Å²) in [5.41, 5.74) is 2.15. The van der Waals surface area contributed by atoms with Crippen molar-refractivity contribution in [2.24, 2.45) is 7.05 Å². The van der Waals surface area contributed by atoms with Crippen molar-refractivity contribution in [3.05, 3.63) is 40.2 Å². The number of benzene rings is 1. The van der Waals surface area contributed by atoms with Crippen LogP contribution in [0, 0.1) is 12.7 Å². The van der Waals surface area contributed by atoms with Gasteiger partial charge in [-0.05, 0) is 35.0 Å². The van der Waals surface area contributed by atoms with Crippen LogP contribution in [-0.2, 0) is 7.05 Å². The Kier molecular flexibility index (Phi) is 2.61. The third-order valence-corrected chi connectivity index (χ3v) is 3.34. The van der Waals surface area contributed by atoms with Gasteiger partial charge in [-0.15, -0.1) is 0 Å². The van der Waals surface area contributed by atoms with Crippen molar-refractivity contribution in [2.75, 3.05) is 0 Å². The van der Waals surface area contributed by atoms with Gasteiger partial charge in [0, 0.05) is 18.3 Å². The number of nitrogens with zero attached hydrogens (tertiary/aromatic N) is 2. The van der Waals surface area contributed by atoms with E-state index in [9.17, 15) is 4.39 Å². The average molecular weight is 269 g/mol. The fraction of sp³-hybridized carbons (Fsp3) is 0.182. The quantitative estimate of drug-likeness (QED) is 0.776. The molecule has 0 saturated heterocycles. The van der Waals surface area contributed by atoms with Gasteiger partial charge >= 0.3 is 0 Å². The molecule has 0 N–H and O–H groups in total. The summed E-state index contributed by atoms with van der Waals surface area (Å²) < 4.78 is 16.1. The second kappa shape index (κ2) is 3.77. The van der Waals surface area contributed by atoms with E-state index < -0.39 is 0 Å². The molecule has 0 bridgehead atoms. The van der Waals surface area contributed by atoms with Gasteiger partial charge in [0.15, 0.2) is 0 Å². The maximum Gasteiger partial charge on any atom is 0.132 e. The van der Waals surface area contributed by atoms with Crippen LogP contribution < -0.4 is 0 Å². The zero-order valence-electron chi connectivity index (χ0n) is 8.46. The zero-order valence-corrected chi connectivity index (χ0v) is 10.0. The predicted molar refractivity (Wildman–Crippen MR) is 61.0 cm³/mol. The molecule has 15 heavy (non-hydrogen) atoms. The maximum absolute atomic E-state index is 13.5. The SMILES string of the molecule is Cc1c(Br)c(-c2ccccc2F)nn1C. The van der Waals surface area contributed by atoms with Gasteiger partial charge in [-0.3, -0.25) is 4.68 Å². The second-order valence-electron chi connectivity index (χ2n) is 3.35. The number of hydrogen-bond donors (Lipinski definition) is 0. The first-order chi connectivity index (χ1) is 7.11. The molecule has 78 valence electrons. The molecule has 4 heteroatoms. The predicted octanol–water partition coefficient (Wildman–Crippen LogP) is 3.30. The number of aromatic nitrogens is 2. The van der Waals surface area contributed by atoms with Crippen LogP contribution in [0.3, 0.4) is 0 Å². The second-order valence-corrected chi connectivity index (χ2v) is 4.14. The van der Waals surface area contributed by atoms with Gasteiger partial charge in [0.2, 0.25) is 0 Å². The molecule has 1 aromatic heterocycles. The lowest BCUT2D eigenvalue weighted by Gasteiger charge is -1.98. The largest absolute Gasteiger partial charge is 0.271 e. The Labute approximate surface area is 95.9 Å². The van der Waals surface area contributed by atoms with E-state index in [2.05, 4.69) is 21.0 Å². The highest BCUT2D eigenvalue weighted by atomic mass is 79.9. The molecule has 2 rings (SSSR count). The molecule has 0 aliphatic carbocycles. The lowest BCUT2D eigenvalue weighted by atomic mass is 10.1. The number of hydrogen-bond acceptors (Lipinski definition) is 1. The van der Waals surface area contributed by atoms with Crippen LogP contribution in [-0.4, -0.2) is 9.78 Å². The van der Waals surface area contributed by atoms with E-state index in [4.69, 9.17) is 0 Å². The van der Waals surface area contributed by atoms with Crippen LogP contribution in [0.25, 0.3) is 11.3 Å². The Hall–Kier alpha value is -1.16. The van der Waals surface area contributed by atoms with E-state index in [1.54, 1.807) is 22.9 Å². The van der Waals surface area contributed by atoms with Crippen molar-refractivity contribution < 1.29 is 4.39 Å². The van der Waals surface area contributed by atoms with E-state index in [-0.39, 0.29) is 5.82 Å². The van der Waals surface area contributed by atoms with Crippen molar-refractivity contribution in [1.29, 1.82) is 0 Å². The molecule has 0 radical (unpaired) electrons. The van der Waals surface area contributed by atoms with Crippen molar-refractivity contribution in [2.45, 2.75) is 6.92 Å². The van der Waals surface area contributed by atoms with Gasteiger partial charge in [-0.1, -0.05) is 12.1 Å². The minimum absolute atomic E-state index is 0.253. The van der Waals surface area contributed by atoms with Crippen molar-refractivity contribution in [1.82, 2.24) is 9.78 Å². The molecule has 0 aliphatic rings. The molecule has 0 unspecified atom stereocenters. The number of halogens is 2. The standard InChI is InChI=1S/C11H10BrFN2/c1-7-10(12)11(14-15(7)2)8-5-3-4-6-9(8)13/h3-6H,1-2H3. The normalized spacial score (nSPS) is 10.7. The summed E-state index contributed by atoms with van der Waals surface area (Å²) in [6.07, 6.45) is 0. The highest BCUT2D eigenvalue weighted by molar-refractivity contribution is 9.10. The van der Waals surface area contributed by atoms with Gasteiger partial charge in [-0.25, -0.2) is 4.39 Å². The average Bonchev–Trinajstić information content (AvgIpc) is 2.47. The van der Waals surface area contributed by atoms with Crippen LogP contribution in [0.1, 0.15) is 5.69 Å². The smallest absolute Gasteiger partial charge is 0.132 e. The highest BCUT2D eigenvalue weighted by Crippen LogP contribution is 2.30. The fourth-order valence-corrected chi connectivity index (χ4v) is 1.96. The Morgan fingerprint density at radius 3 is 2.53 bits per heavy atom. The van der Waals surface area contributed by atoms with Gasteiger partial charge in [0.05, 0.1) is 4.47 Å². The fourth-order valence-electron chi connectivity index (χ4n) is 1.41. The Balaban J connectivity index is 2.65. The third kappa shape index (κ3) is 1.69. The van der Waals surface area contributed by atoms with E-state index in [1.165, 1.54) is 6.07 Å². The molecule has 0 amide bonds. The lowest BCUT2D eigenvalue weighted by Crippen LogP contribution is -1.92. The molecular formula is C11H10BrFN2. The third-order valence-electron chi connectivity index (χ3n) is 2.39. The summed E-state index contributed by atoms with van der Waals surface area (Å²) in [6, 6.07) is 6.63. The summed E-state index contributed by atoms with van der Waals surface area (Å²) in [6.45, 7) is 1.93. The van der Waals surface area contributed by atoms with Gasteiger partial charge in [0.25, 0.3) is 0 Å². The lowest BCUT2D eigenvalue weighted by molar-refractivity contribution is 0.629. The van der Waals surface area contributed by atoms with Crippen LogP contribution in [0.15, 0.2) is 28.7 Å². The molecular weight excluding hydrogens is 259 g/mol. The summed E-state index contributed by atoms with van der Waals surface area (Å²) in [4.78, 5) is 0. The maximum atomic E-state index is 13.5. The summed E-state index contributed by atoms with van der Waals surface area (Å²) >= 11 is 3.42. The molecule has 0 fully saturated rings. The molecule has 1 heterocycles. The number of aryl methyl sites for hydroxylation is 1. The van der Waals surface area contributed by atoms with Crippen molar-refractivity contribution >= 4 is 15.9 Å². The van der Waals surface area contributed by atoms with Gasteiger partial charge in [0.1, 0.15) is 11.5 Å². The van der Waals surface area contributed by atoms with Crippen LogP contribution >= 0.6 is 15.9 Å². The minimum atomic E-state index is -0.253. The summed E-state index contributed by atoms with van der Waals surface area (Å²) in [7, 11) is 1.84. The Bertz CT molecular complexity index is 505. The monoisotopic (exact) mass is 268 g/mol. The van der Waals surface area contributed by atoms with E-state index in [0.717, 1.165) is 10.2 Å². The summed E-state index contributed by atoms with van der Waals surface area (Å²) in [5.74, 6) is -0.253. The van der Waals surface area contributed by atoms with Crippen LogP contribution in [0.4, 0.5) is 4.39 Å². The van der Waals surface area contributed by atoms with Crippen molar-refractivity contribution in [3.8, 4) is 11.3 Å². The van der Waals surface area contributed by atoms with Crippen LogP contribution in [0.5, 0.6) is 0 Å². The van der Waals surface area contributed by atoms with E-state index in [1.807, 2.05) is 14.0 Å².